The predicted octanol–water partition coefficient (Wildman–Crippen LogP) is 3.67. The van der Waals surface area contributed by atoms with Crippen LogP contribution < -0.4 is 4.74 Å². The summed E-state index contributed by atoms with van der Waals surface area (Å²) in [6.07, 6.45) is 4.10. The van der Waals surface area contributed by atoms with E-state index in [9.17, 15) is 15.0 Å². The minimum atomic E-state index is -0.912. The number of benzene rings is 2. The maximum atomic E-state index is 11.5. The third-order valence-corrected chi connectivity index (χ3v) is 3.39. The largest absolute Gasteiger partial charge is 0.504 e. The molecule has 0 fully saturated rings. The van der Waals surface area contributed by atoms with Crippen molar-refractivity contribution in [3.05, 3.63) is 65.7 Å². The fraction of sp³-hybridized carbons (Fsp3) is 0.167. The van der Waals surface area contributed by atoms with Crippen LogP contribution in [-0.4, -0.2) is 23.3 Å². The molecule has 0 aliphatic rings. The average molecular weight is 298 g/mol. The van der Waals surface area contributed by atoms with Gasteiger partial charge in [0.2, 0.25) is 0 Å². The minimum absolute atomic E-state index is 0.00443. The van der Waals surface area contributed by atoms with Gasteiger partial charge in [-0.2, -0.15) is 0 Å². The summed E-state index contributed by atoms with van der Waals surface area (Å²) < 4.78 is 5.03. The smallest absolute Gasteiger partial charge is 0.311 e. The Hall–Kier alpha value is -2.75. The summed E-state index contributed by atoms with van der Waals surface area (Å²) in [5.41, 5.74) is 1.62. The van der Waals surface area contributed by atoms with Crippen molar-refractivity contribution in [2.45, 2.75) is 12.3 Å². The number of hydrogen-bond donors (Lipinski definition) is 2. The lowest BCUT2D eigenvalue weighted by Crippen LogP contribution is -2.10. The van der Waals surface area contributed by atoms with Gasteiger partial charge in [-0.25, -0.2) is 0 Å². The lowest BCUT2D eigenvalue weighted by atomic mass is 9.95. The molecule has 4 nitrogen and oxygen atoms in total. The number of phenols is 1. The van der Waals surface area contributed by atoms with Crippen molar-refractivity contribution in [2.75, 3.05) is 7.11 Å². The number of ether oxygens (including phenoxy) is 1. The number of carboxylic acid groups (broad SMARTS) is 1. The highest BCUT2D eigenvalue weighted by Crippen LogP contribution is 2.31. The Morgan fingerprint density at radius 2 is 1.95 bits per heavy atom. The highest BCUT2D eigenvalue weighted by atomic mass is 16.5. The molecule has 2 aromatic carbocycles. The van der Waals surface area contributed by atoms with Crippen molar-refractivity contribution in [1.29, 1.82) is 0 Å². The van der Waals surface area contributed by atoms with Gasteiger partial charge >= 0.3 is 5.97 Å². The monoisotopic (exact) mass is 298 g/mol. The van der Waals surface area contributed by atoms with Crippen LogP contribution in [0.3, 0.4) is 0 Å². The van der Waals surface area contributed by atoms with Gasteiger partial charge in [0.1, 0.15) is 0 Å². The molecule has 0 aliphatic heterocycles. The van der Waals surface area contributed by atoms with Crippen molar-refractivity contribution < 1.29 is 19.7 Å². The van der Waals surface area contributed by atoms with Gasteiger partial charge in [-0.05, 0) is 29.7 Å². The van der Waals surface area contributed by atoms with E-state index in [1.165, 1.54) is 13.2 Å². The zero-order valence-electron chi connectivity index (χ0n) is 12.3. The van der Waals surface area contributed by atoms with Gasteiger partial charge in [-0.15, -0.1) is 0 Å². The summed E-state index contributed by atoms with van der Waals surface area (Å²) in [5, 5.41) is 19.0. The summed E-state index contributed by atoms with van der Waals surface area (Å²) in [4.78, 5) is 11.5. The van der Waals surface area contributed by atoms with E-state index in [0.29, 0.717) is 12.0 Å². The summed E-state index contributed by atoms with van der Waals surface area (Å²) in [6.45, 7) is 0. The second-order valence-electron chi connectivity index (χ2n) is 4.87. The molecule has 0 amide bonds. The molecule has 2 aromatic rings. The van der Waals surface area contributed by atoms with E-state index in [2.05, 4.69) is 0 Å². The molecule has 114 valence electrons. The van der Waals surface area contributed by atoms with Crippen molar-refractivity contribution in [3.63, 3.8) is 0 Å². The van der Waals surface area contributed by atoms with Gasteiger partial charge in [0, 0.05) is 0 Å². The number of aliphatic carboxylic acids is 1. The number of aromatic hydroxyl groups is 1. The Morgan fingerprint density at radius 3 is 2.59 bits per heavy atom. The van der Waals surface area contributed by atoms with Crippen LogP contribution in [0, 0.1) is 0 Å². The quantitative estimate of drug-likeness (QED) is 0.854. The summed E-state index contributed by atoms with van der Waals surface area (Å²) in [5.74, 6) is -1.33. The van der Waals surface area contributed by atoms with Crippen molar-refractivity contribution in [3.8, 4) is 11.5 Å². The molecule has 0 radical (unpaired) electrons. The average Bonchev–Trinajstić information content (AvgIpc) is 2.53. The minimum Gasteiger partial charge on any atom is -0.504 e. The summed E-state index contributed by atoms with van der Waals surface area (Å²) in [7, 11) is 1.43. The molecular weight excluding hydrogens is 280 g/mol. The SMILES string of the molecule is COc1cc(C(CC=Cc2ccccc2)C(=O)O)ccc1O. The van der Waals surface area contributed by atoms with Gasteiger partial charge in [0.15, 0.2) is 11.5 Å². The second-order valence-corrected chi connectivity index (χ2v) is 4.87. The van der Waals surface area contributed by atoms with Crippen molar-refractivity contribution >= 4 is 12.0 Å². The predicted molar refractivity (Wildman–Crippen MR) is 85.1 cm³/mol. The molecule has 0 saturated carbocycles. The maximum absolute atomic E-state index is 11.5. The molecule has 4 heteroatoms. The third-order valence-electron chi connectivity index (χ3n) is 3.39. The first kappa shape index (κ1) is 15.6. The molecule has 22 heavy (non-hydrogen) atoms. The number of allylic oxidation sites excluding steroid dienone is 1. The van der Waals surface area contributed by atoms with E-state index in [4.69, 9.17) is 4.74 Å². The Kier molecular flexibility index (Phi) is 5.20. The zero-order chi connectivity index (χ0) is 15.9. The van der Waals surface area contributed by atoms with Crippen LogP contribution in [0.15, 0.2) is 54.6 Å². The molecule has 0 aliphatic carbocycles. The van der Waals surface area contributed by atoms with E-state index in [1.54, 1.807) is 12.1 Å². The molecule has 2 rings (SSSR count). The fourth-order valence-corrected chi connectivity index (χ4v) is 2.19. The lowest BCUT2D eigenvalue weighted by Gasteiger charge is -2.12. The number of methoxy groups -OCH3 is 1. The van der Waals surface area contributed by atoms with Crippen LogP contribution in [0.2, 0.25) is 0 Å². The number of carbonyl (C=O) groups is 1. The standard InChI is InChI=1S/C18H18O4/c1-22-17-12-14(10-11-16(17)19)15(18(20)21)9-5-8-13-6-3-2-4-7-13/h2-8,10-12,15,19H,9H2,1H3,(H,20,21). The van der Waals surface area contributed by atoms with Gasteiger partial charge in [0.25, 0.3) is 0 Å². The Morgan fingerprint density at radius 1 is 1.23 bits per heavy atom. The molecule has 1 atom stereocenters. The Bertz CT molecular complexity index is 662. The molecule has 0 spiro atoms. The first-order chi connectivity index (χ1) is 10.6. The number of phenolic OH excluding ortho intramolecular Hbond substituents is 1. The van der Waals surface area contributed by atoms with Crippen LogP contribution in [0.25, 0.3) is 6.08 Å². The van der Waals surface area contributed by atoms with Gasteiger partial charge in [-0.3, -0.25) is 4.79 Å². The topological polar surface area (TPSA) is 66.8 Å². The lowest BCUT2D eigenvalue weighted by molar-refractivity contribution is -0.138. The van der Waals surface area contributed by atoms with Crippen molar-refractivity contribution in [2.24, 2.45) is 0 Å². The zero-order valence-corrected chi connectivity index (χ0v) is 12.3. The molecule has 0 saturated heterocycles. The first-order valence-electron chi connectivity index (χ1n) is 6.93. The molecular formula is C18H18O4. The van der Waals surface area contributed by atoms with E-state index < -0.39 is 11.9 Å². The Labute approximate surface area is 129 Å². The van der Waals surface area contributed by atoms with E-state index in [1.807, 2.05) is 42.5 Å². The molecule has 0 heterocycles. The highest BCUT2D eigenvalue weighted by molar-refractivity contribution is 5.77. The van der Waals surface area contributed by atoms with Crippen LogP contribution in [0.4, 0.5) is 0 Å². The van der Waals surface area contributed by atoms with Gasteiger partial charge in [0.05, 0.1) is 13.0 Å². The van der Waals surface area contributed by atoms with Crippen LogP contribution in [0.1, 0.15) is 23.5 Å². The number of hydrogen-bond acceptors (Lipinski definition) is 3. The molecule has 0 aromatic heterocycles. The van der Waals surface area contributed by atoms with Crippen molar-refractivity contribution in [1.82, 2.24) is 0 Å². The number of rotatable bonds is 6. The maximum Gasteiger partial charge on any atom is 0.311 e. The third kappa shape index (κ3) is 3.88. The van der Waals surface area contributed by atoms with E-state index in [0.717, 1.165) is 5.56 Å². The Balaban J connectivity index is 2.17. The summed E-state index contributed by atoms with van der Waals surface area (Å²) in [6, 6.07) is 14.3. The number of carboxylic acids is 1. The highest BCUT2D eigenvalue weighted by Gasteiger charge is 2.19. The van der Waals surface area contributed by atoms with E-state index >= 15 is 0 Å². The van der Waals surface area contributed by atoms with Gasteiger partial charge < -0.3 is 14.9 Å². The van der Waals surface area contributed by atoms with Crippen LogP contribution in [-0.2, 0) is 4.79 Å². The van der Waals surface area contributed by atoms with E-state index in [-0.39, 0.29) is 11.5 Å². The van der Waals surface area contributed by atoms with Crippen LogP contribution in [0.5, 0.6) is 11.5 Å². The molecule has 0 bridgehead atoms. The molecule has 2 N–H and O–H groups in total. The second kappa shape index (κ2) is 7.31. The fourth-order valence-electron chi connectivity index (χ4n) is 2.19. The first-order valence-corrected chi connectivity index (χ1v) is 6.93. The van der Waals surface area contributed by atoms with Gasteiger partial charge in [-0.1, -0.05) is 48.6 Å². The summed E-state index contributed by atoms with van der Waals surface area (Å²) >= 11 is 0. The normalized spacial score (nSPS) is 12.2. The van der Waals surface area contributed by atoms with Crippen LogP contribution >= 0.6 is 0 Å². The molecule has 1 unspecified atom stereocenters.